The number of thiophene rings is 1. The Balaban J connectivity index is 1.85. The Kier molecular flexibility index (Phi) is 3.77. The topological polar surface area (TPSA) is 29.0 Å². The number of benzene rings is 1. The molecule has 3 nitrogen and oxygen atoms in total. The van der Waals surface area contributed by atoms with Crippen molar-refractivity contribution in [1.29, 1.82) is 0 Å². The third-order valence-electron chi connectivity index (χ3n) is 4.60. The van der Waals surface area contributed by atoms with Crippen molar-refractivity contribution >= 4 is 27.4 Å². The Labute approximate surface area is 141 Å². The maximum atomic E-state index is 4.68. The summed E-state index contributed by atoms with van der Waals surface area (Å²) in [5.74, 6) is 2.53. The van der Waals surface area contributed by atoms with Gasteiger partial charge in [-0.2, -0.15) is 0 Å². The van der Waals surface area contributed by atoms with Crippen LogP contribution in [0.3, 0.4) is 0 Å². The van der Waals surface area contributed by atoms with E-state index in [0.29, 0.717) is 11.8 Å². The molecule has 0 spiro atoms. The number of fused-ring (bicyclic) bond motifs is 1. The fourth-order valence-corrected chi connectivity index (χ4v) is 4.68. The van der Waals surface area contributed by atoms with Crippen LogP contribution in [0.15, 0.2) is 42.0 Å². The molecule has 2 aromatic heterocycles. The van der Waals surface area contributed by atoms with Crippen molar-refractivity contribution in [2.24, 2.45) is 11.8 Å². The van der Waals surface area contributed by atoms with E-state index in [4.69, 9.17) is 0 Å². The van der Waals surface area contributed by atoms with E-state index in [1.165, 1.54) is 22.9 Å². The quantitative estimate of drug-likeness (QED) is 0.675. The van der Waals surface area contributed by atoms with Crippen molar-refractivity contribution in [2.75, 3.05) is 18.0 Å². The largest absolute Gasteiger partial charge is 0.355 e. The van der Waals surface area contributed by atoms with Gasteiger partial charge in [-0.15, -0.1) is 11.3 Å². The van der Waals surface area contributed by atoms with E-state index in [1.54, 1.807) is 17.7 Å². The van der Waals surface area contributed by atoms with Crippen LogP contribution in [0.2, 0.25) is 0 Å². The molecule has 1 saturated heterocycles. The van der Waals surface area contributed by atoms with Gasteiger partial charge in [0.2, 0.25) is 0 Å². The second-order valence-corrected chi connectivity index (χ2v) is 7.60. The fraction of sp³-hybridized carbons (Fsp3) is 0.368. The second kappa shape index (κ2) is 5.93. The second-order valence-electron chi connectivity index (χ2n) is 6.74. The summed E-state index contributed by atoms with van der Waals surface area (Å²) in [6.07, 6.45) is 3.02. The monoisotopic (exact) mass is 323 g/mol. The highest BCUT2D eigenvalue weighted by Crippen LogP contribution is 2.39. The number of hydrogen-bond acceptors (Lipinski definition) is 4. The molecular formula is C19H21N3S. The molecule has 0 saturated carbocycles. The van der Waals surface area contributed by atoms with E-state index in [-0.39, 0.29) is 0 Å². The minimum absolute atomic E-state index is 0.711. The molecule has 4 rings (SSSR count). The van der Waals surface area contributed by atoms with Crippen LogP contribution < -0.4 is 4.90 Å². The van der Waals surface area contributed by atoms with Crippen molar-refractivity contribution in [3.05, 3.63) is 42.0 Å². The van der Waals surface area contributed by atoms with Gasteiger partial charge in [-0.3, -0.25) is 0 Å². The Hall–Kier alpha value is -1.94. The van der Waals surface area contributed by atoms with Gasteiger partial charge in [-0.05, 0) is 23.8 Å². The first-order valence-electron chi connectivity index (χ1n) is 8.25. The molecule has 4 heteroatoms. The fourth-order valence-electron chi connectivity index (χ4n) is 3.77. The lowest BCUT2D eigenvalue weighted by atomic mass is 9.91. The maximum Gasteiger partial charge on any atom is 0.141 e. The zero-order chi connectivity index (χ0) is 15.8. The maximum absolute atomic E-state index is 4.68. The molecule has 0 bridgehead atoms. The van der Waals surface area contributed by atoms with E-state index >= 15 is 0 Å². The number of hydrogen-bond donors (Lipinski definition) is 0. The van der Waals surface area contributed by atoms with Crippen LogP contribution in [-0.4, -0.2) is 23.1 Å². The molecule has 1 aliphatic heterocycles. The zero-order valence-corrected chi connectivity index (χ0v) is 14.4. The summed E-state index contributed by atoms with van der Waals surface area (Å²) in [6, 6.07) is 10.6. The van der Waals surface area contributed by atoms with Crippen LogP contribution in [0.4, 0.5) is 5.82 Å². The minimum atomic E-state index is 0.711. The van der Waals surface area contributed by atoms with Gasteiger partial charge < -0.3 is 4.90 Å². The molecule has 0 amide bonds. The summed E-state index contributed by atoms with van der Waals surface area (Å²) in [5, 5.41) is 3.43. The molecule has 1 fully saturated rings. The van der Waals surface area contributed by atoms with Gasteiger partial charge in [0.25, 0.3) is 0 Å². The molecule has 0 N–H and O–H groups in total. The van der Waals surface area contributed by atoms with Gasteiger partial charge in [-0.1, -0.05) is 44.2 Å². The predicted octanol–water partition coefficient (Wildman–Crippen LogP) is 4.84. The summed E-state index contributed by atoms with van der Waals surface area (Å²) in [5.41, 5.74) is 2.50. The minimum Gasteiger partial charge on any atom is -0.355 e. The zero-order valence-electron chi connectivity index (χ0n) is 13.6. The van der Waals surface area contributed by atoms with E-state index < -0.39 is 0 Å². The Bertz CT molecular complexity index is 802. The van der Waals surface area contributed by atoms with E-state index in [1.807, 2.05) is 0 Å². The molecule has 3 aromatic rings. The van der Waals surface area contributed by atoms with Gasteiger partial charge in [0.1, 0.15) is 17.0 Å². The van der Waals surface area contributed by atoms with Crippen molar-refractivity contribution < 1.29 is 0 Å². The lowest BCUT2D eigenvalue weighted by Gasteiger charge is -2.36. The van der Waals surface area contributed by atoms with E-state index in [9.17, 15) is 0 Å². The average molecular weight is 323 g/mol. The first kappa shape index (κ1) is 14.6. The molecule has 1 aromatic carbocycles. The number of aromatic nitrogens is 2. The smallest absolute Gasteiger partial charge is 0.141 e. The molecule has 2 atom stereocenters. The molecule has 1 aliphatic rings. The molecule has 23 heavy (non-hydrogen) atoms. The van der Waals surface area contributed by atoms with E-state index in [2.05, 4.69) is 64.4 Å². The third-order valence-corrected chi connectivity index (χ3v) is 5.49. The molecule has 0 radical (unpaired) electrons. The van der Waals surface area contributed by atoms with E-state index in [0.717, 1.165) is 23.7 Å². The van der Waals surface area contributed by atoms with Crippen LogP contribution in [0, 0.1) is 11.8 Å². The first-order chi connectivity index (χ1) is 11.2. The molecule has 3 heterocycles. The normalized spacial score (nSPS) is 21.7. The molecule has 118 valence electrons. The van der Waals surface area contributed by atoms with Gasteiger partial charge in [0.15, 0.2) is 0 Å². The van der Waals surface area contributed by atoms with Gasteiger partial charge in [0, 0.05) is 24.0 Å². The number of rotatable bonds is 2. The number of anilines is 1. The van der Waals surface area contributed by atoms with Crippen molar-refractivity contribution in [2.45, 2.75) is 20.3 Å². The number of piperidine rings is 1. The van der Waals surface area contributed by atoms with Crippen molar-refractivity contribution in [1.82, 2.24) is 9.97 Å². The Morgan fingerprint density at radius 1 is 1.04 bits per heavy atom. The third kappa shape index (κ3) is 2.72. The van der Waals surface area contributed by atoms with Crippen LogP contribution >= 0.6 is 11.3 Å². The first-order valence-corrected chi connectivity index (χ1v) is 9.13. The summed E-state index contributed by atoms with van der Waals surface area (Å²) < 4.78 is 0. The van der Waals surface area contributed by atoms with Crippen LogP contribution in [0.25, 0.3) is 21.3 Å². The molecule has 0 aliphatic carbocycles. The van der Waals surface area contributed by atoms with Gasteiger partial charge in [0.05, 0.1) is 5.39 Å². The SMILES string of the molecule is C[C@@H]1C[C@H](C)CN(c2ncnc3scc(-c4ccccc4)c23)C1. The molecular weight excluding hydrogens is 302 g/mol. The lowest BCUT2D eigenvalue weighted by Crippen LogP contribution is -2.39. The van der Waals surface area contributed by atoms with Crippen LogP contribution in [0.1, 0.15) is 20.3 Å². The van der Waals surface area contributed by atoms with Crippen LogP contribution in [0.5, 0.6) is 0 Å². The average Bonchev–Trinajstić information content (AvgIpc) is 2.99. The lowest BCUT2D eigenvalue weighted by molar-refractivity contribution is 0.356. The Morgan fingerprint density at radius 2 is 1.78 bits per heavy atom. The summed E-state index contributed by atoms with van der Waals surface area (Å²) in [4.78, 5) is 12.7. The summed E-state index contributed by atoms with van der Waals surface area (Å²) in [6.45, 7) is 6.85. The summed E-state index contributed by atoms with van der Waals surface area (Å²) in [7, 11) is 0. The van der Waals surface area contributed by atoms with Crippen molar-refractivity contribution in [3.63, 3.8) is 0 Å². The predicted molar refractivity (Wildman–Crippen MR) is 98.0 cm³/mol. The molecule has 0 unspecified atom stereocenters. The highest BCUT2D eigenvalue weighted by molar-refractivity contribution is 7.17. The van der Waals surface area contributed by atoms with Crippen LogP contribution in [-0.2, 0) is 0 Å². The van der Waals surface area contributed by atoms with Gasteiger partial charge >= 0.3 is 0 Å². The summed E-state index contributed by atoms with van der Waals surface area (Å²) >= 11 is 1.71. The highest BCUT2D eigenvalue weighted by Gasteiger charge is 2.25. The standard InChI is InChI=1S/C19H21N3S/c1-13-8-14(2)10-22(9-13)18-17-16(15-6-4-3-5-7-15)11-23-19(17)21-12-20-18/h3-7,11-14H,8-10H2,1-2H3/t13-,14+. The Morgan fingerprint density at radius 3 is 2.52 bits per heavy atom. The number of nitrogens with zero attached hydrogens (tertiary/aromatic N) is 3. The van der Waals surface area contributed by atoms with Gasteiger partial charge in [-0.25, -0.2) is 9.97 Å². The highest BCUT2D eigenvalue weighted by atomic mass is 32.1. The van der Waals surface area contributed by atoms with Crippen molar-refractivity contribution in [3.8, 4) is 11.1 Å².